The van der Waals surface area contributed by atoms with Gasteiger partial charge in [0, 0.05) is 0 Å². The highest BCUT2D eigenvalue weighted by Gasteiger charge is 2.30. The van der Waals surface area contributed by atoms with Crippen LogP contribution < -0.4 is 5.32 Å². The van der Waals surface area contributed by atoms with Gasteiger partial charge in [-0.25, -0.2) is 0 Å². The van der Waals surface area contributed by atoms with E-state index in [1.807, 2.05) is 6.92 Å². The molecular weight excluding hydrogens is 134 g/mol. The van der Waals surface area contributed by atoms with Crippen LogP contribution in [-0.4, -0.2) is 32.0 Å². The van der Waals surface area contributed by atoms with Gasteiger partial charge in [0.1, 0.15) is 6.04 Å². The van der Waals surface area contributed by atoms with Crippen molar-refractivity contribution in [2.24, 2.45) is 0 Å². The minimum absolute atomic E-state index is 0.0764. The molecule has 1 N–H and O–H groups in total. The molecule has 0 amide bonds. The topological polar surface area (TPSA) is 47.6 Å². The van der Waals surface area contributed by atoms with Gasteiger partial charge in [0.25, 0.3) is 0 Å². The molecule has 2 atom stereocenters. The third kappa shape index (κ3) is 1.27. The number of esters is 1. The minimum atomic E-state index is -0.287. The van der Waals surface area contributed by atoms with Gasteiger partial charge in [-0.2, -0.15) is 0 Å². The van der Waals surface area contributed by atoms with Gasteiger partial charge >= 0.3 is 5.97 Å². The summed E-state index contributed by atoms with van der Waals surface area (Å²) in [6.45, 7) is 2.27. The molecule has 58 valence electrons. The molecule has 1 saturated heterocycles. The van der Waals surface area contributed by atoms with Gasteiger partial charge < -0.3 is 9.47 Å². The molecule has 1 rings (SSSR count). The SMILES string of the molecule is COC(=O)[C@H]1NCO[C@@H]1C. The molecule has 10 heavy (non-hydrogen) atoms. The molecule has 0 aliphatic carbocycles. The number of ether oxygens (including phenoxy) is 2. The fraction of sp³-hybridized carbons (Fsp3) is 0.833. The Morgan fingerprint density at radius 3 is 2.90 bits per heavy atom. The number of methoxy groups -OCH3 is 1. The van der Waals surface area contributed by atoms with Gasteiger partial charge in [-0.15, -0.1) is 0 Å². The van der Waals surface area contributed by atoms with Crippen LogP contribution in [0.15, 0.2) is 0 Å². The highest BCUT2D eigenvalue weighted by Crippen LogP contribution is 2.06. The van der Waals surface area contributed by atoms with Crippen molar-refractivity contribution in [3.8, 4) is 0 Å². The van der Waals surface area contributed by atoms with Crippen LogP contribution in [0.5, 0.6) is 0 Å². The van der Waals surface area contributed by atoms with Crippen LogP contribution in [0.4, 0.5) is 0 Å². The van der Waals surface area contributed by atoms with Crippen LogP contribution >= 0.6 is 0 Å². The molecule has 1 heterocycles. The van der Waals surface area contributed by atoms with Crippen LogP contribution in [0.2, 0.25) is 0 Å². The molecule has 0 unspecified atom stereocenters. The predicted molar refractivity (Wildman–Crippen MR) is 34.4 cm³/mol. The maximum atomic E-state index is 10.9. The van der Waals surface area contributed by atoms with E-state index in [0.29, 0.717) is 6.73 Å². The van der Waals surface area contributed by atoms with Gasteiger partial charge in [-0.3, -0.25) is 10.1 Å². The van der Waals surface area contributed by atoms with Crippen LogP contribution in [0.3, 0.4) is 0 Å². The van der Waals surface area contributed by atoms with E-state index >= 15 is 0 Å². The summed E-state index contributed by atoms with van der Waals surface area (Å²) < 4.78 is 9.60. The Morgan fingerprint density at radius 1 is 1.80 bits per heavy atom. The van der Waals surface area contributed by atoms with Crippen LogP contribution in [0.25, 0.3) is 0 Å². The highest BCUT2D eigenvalue weighted by molar-refractivity contribution is 5.76. The Hall–Kier alpha value is -0.610. The molecule has 0 bridgehead atoms. The Kier molecular flexibility index (Phi) is 2.24. The molecule has 4 nitrogen and oxygen atoms in total. The van der Waals surface area contributed by atoms with Crippen molar-refractivity contribution in [3.63, 3.8) is 0 Å². The van der Waals surface area contributed by atoms with Crippen molar-refractivity contribution in [1.29, 1.82) is 0 Å². The highest BCUT2D eigenvalue weighted by atomic mass is 16.5. The number of nitrogens with one attached hydrogen (secondary N) is 1. The smallest absolute Gasteiger partial charge is 0.325 e. The standard InChI is InChI=1S/C6H11NO3/c1-4-5(6(8)9-2)7-3-10-4/h4-5,7H,3H2,1-2H3/t4-,5+/m1/s1. The van der Waals surface area contributed by atoms with Gasteiger partial charge in [0.15, 0.2) is 0 Å². The van der Waals surface area contributed by atoms with Crippen molar-refractivity contribution < 1.29 is 14.3 Å². The average molecular weight is 145 g/mol. The zero-order valence-corrected chi connectivity index (χ0v) is 6.09. The van der Waals surface area contributed by atoms with E-state index in [2.05, 4.69) is 10.1 Å². The fourth-order valence-electron chi connectivity index (χ4n) is 0.933. The molecule has 0 spiro atoms. The summed E-state index contributed by atoms with van der Waals surface area (Å²) in [5.41, 5.74) is 0. The van der Waals surface area contributed by atoms with E-state index in [4.69, 9.17) is 4.74 Å². The van der Waals surface area contributed by atoms with E-state index in [0.717, 1.165) is 0 Å². The summed E-state index contributed by atoms with van der Waals surface area (Å²) in [5, 5.41) is 2.86. The molecule has 0 aromatic rings. The van der Waals surface area contributed by atoms with Crippen LogP contribution in [-0.2, 0) is 14.3 Å². The van der Waals surface area contributed by atoms with E-state index in [1.54, 1.807) is 0 Å². The molecule has 0 aromatic carbocycles. The Labute approximate surface area is 59.5 Å². The lowest BCUT2D eigenvalue weighted by Crippen LogP contribution is -2.38. The minimum Gasteiger partial charge on any atom is -0.468 e. The number of carbonyl (C=O) groups excluding carboxylic acids is 1. The van der Waals surface area contributed by atoms with Crippen LogP contribution in [0.1, 0.15) is 6.92 Å². The van der Waals surface area contributed by atoms with Gasteiger partial charge in [-0.05, 0) is 6.92 Å². The zero-order chi connectivity index (χ0) is 7.56. The summed E-state index contributed by atoms with van der Waals surface area (Å²) in [5.74, 6) is -0.259. The second-order valence-corrected chi connectivity index (χ2v) is 2.22. The molecule has 1 fully saturated rings. The lowest BCUT2D eigenvalue weighted by molar-refractivity contribution is -0.143. The normalized spacial score (nSPS) is 32.2. The molecule has 4 heteroatoms. The Morgan fingerprint density at radius 2 is 2.50 bits per heavy atom. The lowest BCUT2D eigenvalue weighted by atomic mass is 10.2. The number of rotatable bonds is 1. The molecular formula is C6H11NO3. The molecule has 0 aromatic heterocycles. The number of hydrogen-bond acceptors (Lipinski definition) is 4. The summed E-state index contributed by atoms with van der Waals surface area (Å²) >= 11 is 0. The summed E-state index contributed by atoms with van der Waals surface area (Å²) in [6, 6.07) is -0.287. The second kappa shape index (κ2) is 2.98. The van der Waals surface area contributed by atoms with Gasteiger partial charge in [-0.1, -0.05) is 0 Å². The summed E-state index contributed by atoms with van der Waals surface area (Å²) in [4.78, 5) is 10.9. The first kappa shape index (κ1) is 7.50. The van der Waals surface area contributed by atoms with Crippen molar-refractivity contribution >= 4 is 5.97 Å². The molecule has 1 aliphatic heterocycles. The Balaban J connectivity index is 2.46. The molecule has 0 saturated carbocycles. The fourth-order valence-corrected chi connectivity index (χ4v) is 0.933. The largest absolute Gasteiger partial charge is 0.468 e. The van der Waals surface area contributed by atoms with Crippen molar-refractivity contribution in [2.45, 2.75) is 19.1 Å². The quantitative estimate of drug-likeness (QED) is 0.505. The average Bonchev–Trinajstić information content (AvgIpc) is 2.34. The van der Waals surface area contributed by atoms with Gasteiger partial charge in [0.05, 0.1) is 19.9 Å². The maximum absolute atomic E-state index is 10.9. The van der Waals surface area contributed by atoms with E-state index < -0.39 is 0 Å². The lowest BCUT2D eigenvalue weighted by Gasteiger charge is -2.09. The van der Waals surface area contributed by atoms with Crippen molar-refractivity contribution in [2.75, 3.05) is 13.8 Å². The third-order valence-electron chi connectivity index (χ3n) is 1.57. The number of hydrogen-bond donors (Lipinski definition) is 1. The van der Waals surface area contributed by atoms with Gasteiger partial charge in [0.2, 0.25) is 0 Å². The Bertz CT molecular complexity index is 137. The van der Waals surface area contributed by atoms with E-state index in [-0.39, 0.29) is 18.1 Å². The van der Waals surface area contributed by atoms with E-state index in [1.165, 1.54) is 7.11 Å². The third-order valence-corrected chi connectivity index (χ3v) is 1.57. The summed E-state index contributed by atoms with van der Waals surface area (Å²) in [6.07, 6.45) is -0.0764. The van der Waals surface area contributed by atoms with E-state index in [9.17, 15) is 4.79 Å². The predicted octanol–water partition coefficient (Wildman–Crippen LogP) is -0.506. The number of carbonyl (C=O) groups is 1. The first-order valence-corrected chi connectivity index (χ1v) is 3.18. The first-order chi connectivity index (χ1) is 4.75. The zero-order valence-electron chi connectivity index (χ0n) is 6.09. The van der Waals surface area contributed by atoms with Crippen LogP contribution in [0, 0.1) is 0 Å². The monoisotopic (exact) mass is 145 g/mol. The molecule has 1 aliphatic rings. The van der Waals surface area contributed by atoms with Crippen molar-refractivity contribution in [3.05, 3.63) is 0 Å². The molecule has 0 radical (unpaired) electrons. The van der Waals surface area contributed by atoms with Crippen molar-refractivity contribution in [1.82, 2.24) is 5.32 Å². The maximum Gasteiger partial charge on any atom is 0.325 e. The second-order valence-electron chi connectivity index (χ2n) is 2.22. The summed E-state index contributed by atoms with van der Waals surface area (Å²) in [7, 11) is 1.37. The first-order valence-electron chi connectivity index (χ1n) is 3.18.